The second-order valence-electron chi connectivity index (χ2n) is 3.94. The van der Waals surface area contributed by atoms with Crippen LogP contribution in [0.15, 0.2) is 18.2 Å². The Hall–Kier alpha value is -1.78. The summed E-state index contributed by atoms with van der Waals surface area (Å²) in [6.45, 7) is 2.74. The first-order valence-corrected chi connectivity index (χ1v) is 5.06. The number of hydrogen-bond acceptors (Lipinski definition) is 2. The zero-order chi connectivity index (χ0) is 13.2. The summed E-state index contributed by atoms with van der Waals surface area (Å²) in [7, 11) is 0. The Morgan fingerprint density at radius 1 is 1.35 bits per heavy atom. The van der Waals surface area contributed by atoms with Gasteiger partial charge in [-0.15, -0.1) is 0 Å². The summed E-state index contributed by atoms with van der Waals surface area (Å²) in [5.74, 6) is -4.04. The van der Waals surface area contributed by atoms with Gasteiger partial charge in [0, 0.05) is 6.07 Å². The Kier molecular flexibility index (Phi) is 3.60. The maximum Gasteiger partial charge on any atom is 0.317 e. The first-order chi connectivity index (χ1) is 7.82. The van der Waals surface area contributed by atoms with Gasteiger partial charge in [-0.1, -0.05) is 6.92 Å². The highest BCUT2D eigenvalue weighted by atomic mass is 19.1. The Labute approximate surface area is 97.1 Å². The molecule has 0 fully saturated rings. The normalized spacial score (nSPS) is 14.1. The number of benzene rings is 1. The van der Waals surface area contributed by atoms with E-state index in [0.29, 0.717) is 6.07 Å². The SMILES string of the molecule is CCC(C)(C(=O)O)C(=O)c1ccc(F)cc1F. The second-order valence-corrected chi connectivity index (χ2v) is 3.94. The molecule has 0 amide bonds. The van der Waals surface area contributed by atoms with Crippen LogP contribution in [0.3, 0.4) is 0 Å². The Morgan fingerprint density at radius 2 is 1.94 bits per heavy atom. The number of Topliss-reactive ketones (excluding diaryl/α,β-unsaturated/α-hetero) is 1. The Balaban J connectivity index is 3.24. The molecule has 0 spiro atoms. The molecule has 1 aromatic rings. The van der Waals surface area contributed by atoms with E-state index < -0.39 is 34.4 Å². The average Bonchev–Trinajstić information content (AvgIpc) is 2.26. The highest BCUT2D eigenvalue weighted by Crippen LogP contribution is 2.28. The maximum absolute atomic E-state index is 13.4. The van der Waals surface area contributed by atoms with Gasteiger partial charge in [0.1, 0.15) is 17.0 Å². The summed E-state index contributed by atoms with van der Waals surface area (Å²) in [5.41, 5.74) is -2.10. The lowest BCUT2D eigenvalue weighted by atomic mass is 9.80. The van der Waals surface area contributed by atoms with Crippen molar-refractivity contribution in [2.24, 2.45) is 5.41 Å². The fourth-order valence-electron chi connectivity index (χ4n) is 1.38. The van der Waals surface area contributed by atoms with Gasteiger partial charge in [0.25, 0.3) is 0 Å². The van der Waals surface area contributed by atoms with Crippen molar-refractivity contribution in [3.05, 3.63) is 35.4 Å². The van der Waals surface area contributed by atoms with Gasteiger partial charge in [0.05, 0.1) is 5.56 Å². The van der Waals surface area contributed by atoms with Crippen molar-refractivity contribution < 1.29 is 23.5 Å². The molecule has 1 atom stereocenters. The predicted molar refractivity (Wildman–Crippen MR) is 56.7 cm³/mol. The predicted octanol–water partition coefficient (Wildman–Crippen LogP) is 2.65. The van der Waals surface area contributed by atoms with Gasteiger partial charge >= 0.3 is 5.97 Å². The van der Waals surface area contributed by atoms with E-state index in [4.69, 9.17) is 5.11 Å². The first-order valence-electron chi connectivity index (χ1n) is 5.06. The number of carboxylic acids is 1. The van der Waals surface area contributed by atoms with Crippen LogP contribution >= 0.6 is 0 Å². The highest BCUT2D eigenvalue weighted by molar-refractivity contribution is 6.11. The quantitative estimate of drug-likeness (QED) is 0.652. The minimum atomic E-state index is -1.70. The zero-order valence-electron chi connectivity index (χ0n) is 9.46. The molecule has 1 N–H and O–H groups in total. The van der Waals surface area contributed by atoms with Gasteiger partial charge in [0.2, 0.25) is 0 Å². The Bertz CT molecular complexity index is 471. The number of carbonyl (C=O) groups excluding carboxylic acids is 1. The van der Waals surface area contributed by atoms with E-state index in [-0.39, 0.29) is 6.42 Å². The van der Waals surface area contributed by atoms with Crippen LogP contribution in [0.25, 0.3) is 0 Å². The van der Waals surface area contributed by atoms with Gasteiger partial charge in [-0.25, -0.2) is 8.78 Å². The number of hydrogen-bond donors (Lipinski definition) is 1. The third kappa shape index (κ3) is 2.33. The number of aliphatic carboxylic acids is 1. The molecule has 0 heterocycles. The van der Waals surface area contributed by atoms with Crippen molar-refractivity contribution >= 4 is 11.8 Å². The van der Waals surface area contributed by atoms with E-state index in [1.807, 2.05) is 0 Å². The van der Waals surface area contributed by atoms with Crippen molar-refractivity contribution in [2.75, 3.05) is 0 Å². The van der Waals surface area contributed by atoms with Crippen molar-refractivity contribution in [3.63, 3.8) is 0 Å². The molecule has 0 saturated heterocycles. The molecular formula is C12H12F2O3. The molecule has 0 radical (unpaired) electrons. The number of halogens is 2. The summed E-state index contributed by atoms with van der Waals surface area (Å²) in [6.07, 6.45) is 0.0258. The molecule has 1 rings (SSSR count). The highest BCUT2D eigenvalue weighted by Gasteiger charge is 2.40. The van der Waals surface area contributed by atoms with Gasteiger partial charge in [-0.2, -0.15) is 0 Å². The van der Waals surface area contributed by atoms with Crippen LogP contribution in [0.2, 0.25) is 0 Å². The van der Waals surface area contributed by atoms with E-state index in [2.05, 4.69) is 0 Å². The van der Waals surface area contributed by atoms with Crippen molar-refractivity contribution in [1.82, 2.24) is 0 Å². The van der Waals surface area contributed by atoms with E-state index in [9.17, 15) is 18.4 Å². The van der Waals surface area contributed by atoms with Crippen molar-refractivity contribution in [3.8, 4) is 0 Å². The summed E-state index contributed by atoms with van der Waals surface area (Å²) in [6, 6.07) is 2.45. The molecule has 1 aromatic carbocycles. The van der Waals surface area contributed by atoms with Crippen LogP contribution < -0.4 is 0 Å². The summed E-state index contributed by atoms with van der Waals surface area (Å²) in [5, 5.41) is 8.99. The lowest BCUT2D eigenvalue weighted by Gasteiger charge is -2.21. The standard InChI is InChI=1S/C12H12F2O3/c1-3-12(2,11(16)17)10(15)8-5-4-7(13)6-9(8)14/h4-6H,3H2,1-2H3,(H,16,17). The molecule has 0 aliphatic rings. The zero-order valence-corrected chi connectivity index (χ0v) is 9.46. The van der Waals surface area contributed by atoms with Crippen molar-refractivity contribution in [1.29, 1.82) is 0 Å². The smallest absolute Gasteiger partial charge is 0.317 e. The van der Waals surface area contributed by atoms with Gasteiger partial charge in [-0.3, -0.25) is 9.59 Å². The molecule has 0 bridgehead atoms. The molecule has 0 aliphatic heterocycles. The largest absolute Gasteiger partial charge is 0.480 e. The molecule has 17 heavy (non-hydrogen) atoms. The third-order valence-electron chi connectivity index (χ3n) is 2.86. The van der Waals surface area contributed by atoms with E-state index >= 15 is 0 Å². The molecule has 0 aliphatic carbocycles. The molecule has 5 heteroatoms. The average molecular weight is 242 g/mol. The van der Waals surface area contributed by atoms with Crippen LogP contribution in [0.4, 0.5) is 8.78 Å². The van der Waals surface area contributed by atoms with Gasteiger partial charge in [-0.05, 0) is 25.5 Å². The third-order valence-corrected chi connectivity index (χ3v) is 2.86. The summed E-state index contributed by atoms with van der Waals surface area (Å²) in [4.78, 5) is 23.0. The second kappa shape index (κ2) is 4.61. The minimum Gasteiger partial charge on any atom is -0.480 e. The van der Waals surface area contributed by atoms with Crippen LogP contribution in [-0.4, -0.2) is 16.9 Å². The Morgan fingerprint density at radius 3 is 2.35 bits per heavy atom. The number of ketones is 1. The summed E-state index contributed by atoms with van der Waals surface area (Å²) < 4.78 is 26.1. The van der Waals surface area contributed by atoms with Gasteiger partial charge in [0.15, 0.2) is 5.78 Å². The van der Waals surface area contributed by atoms with E-state index in [1.54, 1.807) is 0 Å². The number of carboxylic acid groups (broad SMARTS) is 1. The molecule has 92 valence electrons. The lowest BCUT2D eigenvalue weighted by Crippen LogP contribution is -2.36. The minimum absolute atomic E-state index is 0.0258. The molecular weight excluding hydrogens is 230 g/mol. The van der Waals surface area contributed by atoms with Crippen LogP contribution in [0, 0.1) is 17.0 Å². The van der Waals surface area contributed by atoms with Gasteiger partial charge < -0.3 is 5.11 Å². The molecule has 1 unspecified atom stereocenters. The molecule has 0 aromatic heterocycles. The van der Waals surface area contributed by atoms with E-state index in [1.165, 1.54) is 13.8 Å². The first kappa shape index (κ1) is 13.3. The fourth-order valence-corrected chi connectivity index (χ4v) is 1.38. The molecule has 0 saturated carbocycles. The monoisotopic (exact) mass is 242 g/mol. The topological polar surface area (TPSA) is 54.4 Å². The van der Waals surface area contributed by atoms with E-state index in [0.717, 1.165) is 12.1 Å². The van der Waals surface area contributed by atoms with Crippen LogP contribution in [-0.2, 0) is 4.79 Å². The van der Waals surface area contributed by atoms with Crippen LogP contribution in [0.5, 0.6) is 0 Å². The van der Waals surface area contributed by atoms with Crippen molar-refractivity contribution in [2.45, 2.75) is 20.3 Å². The number of carbonyl (C=O) groups is 2. The molecule has 3 nitrogen and oxygen atoms in total. The number of rotatable bonds is 4. The summed E-state index contributed by atoms with van der Waals surface area (Å²) >= 11 is 0. The fraction of sp³-hybridized carbons (Fsp3) is 0.333. The lowest BCUT2D eigenvalue weighted by molar-refractivity contribution is -0.145. The maximum atomic E-state index is 13.4. The van der Waals surface area contributed by atoms with Crippen LogP contribution in [0.1, 0.15) is 30.6 Å².